The van der Waals surface area contributed by atoms with Gasteiger partial charge in [0.15, 0.2) is 0 Å². The van der Waals surface area contributed by atoms with Crippen LogP contribution in [0.3, 0.4) is 0 Å². The van der Waals surface area contributed by atoms with Crippen LogP contribution in [0.5, 0.6) is 0 Å². The average molecular weight is 251 g/mol. The van der Waals surface area contributed by atoms with Crippen LogP contribution in [0.2, 0.25) is 0 Å². The molecule has 0 saturated carbocycles. The van der Waals surface area contributed by atoms with Crippen molar-refractivity contribution in [2.45, 2.75) is 20.3 Å². The summed E-state index contributed by atoms with van der Waals surface area (Å²) in [4.78, 5) is 20.6. The highest BCUT2D eigenvalue weighted by molar-refractivity contribution is 5.38. The van der Waals surface area contributed by atoms with Crippen LogP contribution in [-0.4, -0.2) is 39.8 Å². The Morgan fingerprint density at radius 2 is 2.22 bits per heavy atom. The Morgan fingerprint density at radius 3 is 2.89 bits per heavy atom. The molecule has 0 spiro atoms. The second-order valence-electron chi connectivity index (χ2n) is 3.96. The number of aromatic amines is 1. The number of methoxy groups -OCH3 is 1. The monoisotopic (exact) mass is 251 g/mol. The average Bonchev–Trinajstić information content (AvgIpc) is 2.73. The molecule has 7 heteroatoms. The Balaban J connectivity index is 2.39. The Hall–Kier alpha value is -1.89. The van der Waals surface area contributed by atoms with Crippen molar-refractivity contribution in [2.24, 2.45) is 0 Å². The number of ether oxygens (including phenoxy) is 1. The summed E-state index contributed by atoms with van der Waals surface area (Å²) in [6.45, 7) is 4.95. The van der Waals surface area contributed by atoms with Gasteiger partial charge in [0.2, 0.25) is 5.95 Å². The number of anilines is 1. The number of rotatable bonds is 5. The molecule has 0 aliphatic carbocycles. The van der Waals surface area contributed by atoms with Gasteiger partial charge < -0.3 is 10.1 Å². The predicted octanol–water partition coefficient (Wildman–Crippen LogP) is 0.347. The number of nitrogens with one attached hydrogen (secondary N) is 2. The molecule has 2 heterocycles. The second kappa shape index (κ2) is 5.18. The van der Waals surface area contributed by atoms with Gasteiger partial charge in [-0.25, -0.2) is 4.98 Å². The molecule has 2 N–H and O–H groups in total. The van der Waals surface area contributed by atoms with E-state index in [4.69, 9.17) is 4.74 Å². The molecule has 0 aromatic carbocycles. The maximum atomic E-state index is 12.1. The lowest BCUT2D eigenvalue weighted by Crippen LogP contribution is -2.21. The van der Waals surface area contributed by atoms with Gasteiger partial charge in [0.1, 0.15) is 0 Å². The van der Waals surface area contributed by atoms with Crippen LogP contribution in [0.25, 0.3) is 5.78 Å². The van der Waals surface area contributed by atoms with Gasteiger partial charge >= 0.3 is 0 Å². The summed E-state index contributed by atoms with van der Waals surface area (Å²) in [6, 6.07) is 0. The molecule has 2 aromatic rings. The van der Waals surface area contributed by atoms with Gasteiger partial charge in [0.25, 0.3) is 11.3 Å². The normalized spacial score (nSPS) is 11.1. The molecule has 0 atom stereocenters. The lowest BCUT2D eigenvalue weighted by molar-refractivity contribution is 0.210. The van der Waals surface area contributed by atoms with E-state index in [1.807, 2.05) is 13.8 Å². The molecule has 0 radical (unpaired) electrons. The van der Waals surface area contributed by atoms with Crippen LogP contribution in [0.1, 0.15) is 18.2 Å². The van der Waals surface area contributed by atoms with Gasteiger partial charge in [-0.2, -0.15) is 9.50 Å². The molecule has 0 bridgehead atoms. The molecule has 0 amide bonds. The largest absolute Gasteiger partial charge is 0.383 e. The summed E-state index contributed by atoms with van der Waals surface area (Å²) in [7, 11) is 1.63. The van der Waals surface area contributed by atoms with Crippen LogP contribution < -0.4 is 10.9 Å². The first-order valence-corrected chi connectivity index (χ1v) is 5.88. The minimum Gasteiger partial charge on any atom is -0.383 e. The first-order chi connectivity index (χ1) is 8.67. The Labute approximate surface area is 104 Å². The Kier molecular flexibility index (Phi) is 3.61. The standard InChI is InChI=1S/C11H17N5O2/c1-4-8-7(2)13-11-14-10(12-5-6-18-3)15-16(11)9(8)17/h4-6H2,1-3H3,(H2,12,13,14,15). The molecule has 0 aliphatic rings. The highest BCUT2D eigenvalue weighted by Crippen LogP contribution is 2.05. The fraction of sp³-hybridized carbons (Fsp3) is 0.545. The molecule has 18 heavy (non-hydrogen) atoms. The van der Waals surface area contributed by atoms with Crippen LogP contribution in [0.4, 0.5) is 5.95 Å². The van der Waals surface area contributed by atoms with E-state index in [1.54, 1.807) is 7.11 Å². The van der Waals surface area contributed by atoms with Crippen molar-refractivity contribution in [1.29, 1.82) is 0 Å². The molecule has 2 aromatic heterocycles. The molecular weight excluding hydrogens is 234 g/mol. The number of aryl methyl sites for hydroxylation is 1. The van der Waals surface area contributed by atoms with E-state index in [0.29, 0.717) is 36.9 Å². The highest BCUT2D eigenvalue weighted by atomic mass is 16.5. The van der Waals surface area contributed by atoms with E-state index in [1.165, 1.54) is 4.52 Å². The first-order valence-electron chi connectivity index (χ1n) is 5.88. The summed E-state index contributed by atoms with van der Waals surface area (Å²) >= 11 is 0. The van der Waals surface area contributed by atoms with Gasteiger partial charge in [-0.1, -0.05) is 6.92 Å². The van der Waals surface area contributed by atoms with E-state index in [9.17, 15) is 4.79 Å². The quantitative estimate of drug-likeness (QED) is 0.749. The van der Waals surface area contributed by atoms with Crippen molar-refractivity contribution in [2.75, 3.05) is 25.6 Å². The molecule has 7 nitrogen and oxygen atoms in total. The predicted molar refractivity (Wildman–Crippen MR) is 68.1 cm³/mol. The van der Waals surface area contributed by atoms with Crippen molar-refractivity contribution < 1.29 is 4.74 Å². The number of H-pyrrole nitrogens is 1. The zero-order valence-electron chi connectivity index (χ0n) is 10.8. The lowest BCUT2D eigenvalue weighted by atomic mass is 10.2. The minimum absolute atomic E-state index is 0.0905. The third-order valence-corrected chi connectivity index (χ3v) is 2.75. The zero-order chi connectivity index (χ0) is 13.1. The smallest absolute Gasteiger partial charge is 0.277 e. The summed E-state index contributed by atoms with van der Waals surface area (Å²) in [5.74, 6) is 0.902. The lowest BCUT2D eigenvalue weighted by Gasteiger charge is -2.00. The molecule has 0 saturated heterocycles. The summed E-state index contributed by atoms with van der Waals surface area (Å²) in [5, 5.41) is 5.92. The van der Waals surface area contributed by atoms with E-state index in [2.05, 4.69) is 20.4 Å². The van der Waals surface area contributed by atoms with Crippen molar-refractivity contribution in [3.8, 4) is 0 Å². The number of aromatic nitrogens is 4. The topological polar surface area (TPSA) is 84.3 Å². The number of nitrogens with zero attached hydrogens (tertiary/aromatic N) is 3. The third-order valence-electron chi connectivity index (χ3n) is 2.75. The highest BCUT2D eigenvalue weighted by Gasteiger charge is 2.11. The summed E-state index contributed by atoms with van der Waals surface area (Å²) < 4.78 is 6.29. The minimum atomic E-state index is -0.0905. The third kappa shape index (κ3) is 2.21. The van der Waals surface area contributed by atoms with E-state index < -0.39 is 0 Å². The van der Waals surface area contributed by atoms with Gasteiger partial charge in [0, 0.05) is 19.2 Å². The maximum absolute atomic E-state index is 12.1. The SMILES string of the molecule is CCc1c(C)nc2nc(NCCOC)[nH]n2c1=O. The Bertz CT molecular complexity index is 601. The van der Waals surface area contributed by atoms with E-state index >= 15 is 0 Å². The van der Waals surface area contributed by atoms with Crippen LogP contribution in [0.15, 0.2) is 4.79 Å². The van der Waals surface area contributed by atoms with E-state index in [-0.39, 0.29) is 5.56 Å². The van der Waals surface area contributed by atoms with Gasteiger partial charge in [-0.15, -0.1) is 0 Å². The maximum Gasteiger partial charge on any atom is 0.277 e. The molecule has 2 rings (SSSR count). The zero-order valence-corrected chi connectivity index (χ0v) is 10.8. The number of fused-ring (bicyclic) bond motifs is 1. The molecule has 0 unspecified atom stereocenters. The van der Waals surface area contributed by atoms with Gasteiger partial charge in [0.05, 0.1) is 12.3 Å². The summed E-state index contributed by atoms with van der Waals surface area (Å²) in [5.41, 5.74) is 1.35. The van der Waals surface area contributed by atoms with Crippen LogP contribution in [-0.2, 0) is 11.2 Å². The van der Waals surface area contributed by atoms with Crippen LogP contribution in [0, 0.1) is 6.92 Å². The second-order valence-corrected chi connectivity index (χ2v) is 3.96. The van der Waals surface area contributed by atoms with Crippen molar-refractivity contribution in [3.63, 3.8) is 0 Å². The molecule has 98 valence electrons. The van der Waals surface area contributed by atoms with Crippen LogP contribution >= 0.6 is 0 Å². The number of hydrogen-bond donors (Lipinski definition) is 2. The van der Waals surface area contributed by atoms with Gasteiger partial charge in [-0.3, -0.25) is 9.89 Å². The van der Waals surface area contributed by atoms with Gasteiger partial charge in [-0.05, 0) is 13.3 Å². The van der Waals surface area contributed by atoms with Crippen molar-refractivity contribution in [1.82, 2.24) is 19.6 Å². The first kappa shape index (κ1) is 12.6. The van der Waals surface area contributed by atoms with Crippen molar-refractivity contribution >= 4 is 11.7 Å². The Morgan fingerprint density at radius 1 is 1.44 bits per heavy atom. The fourth-order valence-electron chi connectivity index (χ4n) is 1.81. The molecule has 0 fully saturated rings. The van der Waals surface area contributed by atoms with E-state index in [0.717, 1.165) is 5.69 Å². The van der Waals surface area contributed by atoms with Crippen molar-refractivity contribution in [3.05, 3.63) is 21.6 Å². The fourth-order valence-corrected chi connectivity index (χ4v) is 1.81. The molecule has 0 aliphatic heterocycles. The molecular formula is C11H17N5O2. The summed E-state index contributed by atoms with van der Waals surface area (Å²) in [6.07, 6.45) is 0.659. The number of hydrogen-bond acceptors (Lipinski definition) is 5.